The summed E-state index contributed by atoms with van der Waals surface area (Å²) in [5, 5.41) is 12.4. The second kappa shape index (κ2) is 8.01. The molecule has 0 spiro atoms. The first-order valence-corrected chi connectivity index (χ1v) is 10.0. The predicted octanol–water partition coefficient (Wildman–Crippen LogP) is 5.31. The fourth-order valence-electron chi connectivity index (χ4n) is 2.28. The van der Waals surface area contributed by atoms with Crippen LogP contribution >= 0.6 is 23.1 Å². The third kappa shape index (κ3) is 4.71. The van der Waals surface area contributed by atoms with E-state index in [0.29, 0.717) is 5.13 Å². The second-order valence-corrected chi connectivity index (χ2v) is 9.03. The second-order valence-electron chi connectivity index (χ2n) is 6.87. The lowest BCUT2D eigenvalue weighted by molar-refractivity contribution is -0.115. The van der Waals surface area contributed by atoms with Gasteiger partial charge in [0.15, 0.2) is 0 Å². The van der Waals surface area contributed by atoms with E-state index in [2.05, 4.69) is 36.3 Å². The maximum atomic E-state index is 13.0. The van der Waals surface area contributed by atoms with Crippen LogP contribution in [0.1, 0.15) is 36.6 Å². The number of amides is 1. The zero-order chi connectivity index (χ0) is 18.6. The topological polar surface area (TPSA) is 54.9 Å². The van der Waals surface area contributed by atoms with E-state index in [1.165, 1.54) is 23.1 Å². The molecule has 0 saturated carbocycles. The van der Waals surface area contributed by atoms with Crippen molar-refractivity contribution in [1.82, 2.24) is 10.2 Å². The van der Waals surface area contributed by atoms with Gasteiger partial charge < -0.3 is 0 Å². The minimum atomic E-state index is -0.361. The molecule has 26 heavy (non-hydrogen) atoms. The van der Waals surface area contributed by atoms with Gasteiger partial charge in [0.2, 0.25) is 11.0 Å². The van der Waals surface area contributed by atoms with E-state index in [-0.39, 0.29) is 16.6 Å². The van der Waals surface area contributed by atoms with Gasteiger partial charge in [-0.25, -0.2) is 0 Å². The molecule has 1 atom stereocenters. The molecule has 0 saturated heterocycles. The van der Waals surface area contributed by atoms with Crippen molar-refractivity contribution in [3.8, 4) is 0 Å². The summed E-state index contributed by atoms with van der Waals surface area (Å²) in [5.41, 5.74) is 0.873. The van der Waals surface area contributed by atoms with E-state index in [9.17, 15) is 4.79 Å². The Balaban J connectivity index is 1.82. The highest BCUT2D eigenvalue weighted by Crippen LogP contribution is 2.36. The van der Waals surface area contributed by atoms with Crippen molar-refractivity contribution in [3.05, 3.63) is 71.2 Å². The normalized spacial score (nSPS) is 12.6. The molecule has 1 aromatic heterocycles. The average Bonchev–Trinajstić information content (AvgIpc) is 3.10. The van der Waals surface area contributed by atoms with E-state index in [0.717, 1.165) is 15.5 Å². The number of nitrogens with zero attached hydrogens (tertiary/aromatic N) is 2. The summed E-state index contributed by atoms with van der Waals surface area (Å²) in [5.74, 6) is -0.0957. The fraction of sp³-hybridized carbons (Fsp3) is 0.250. The number of thioether (sulfide) groups is 1. The van der Waals surface area contributed by atoms with Crippen LogP contribution in [0.5, 0.6) is 0 Å². The van der Waals surface area contributed by atoms with Crippen LogP contribution < -0.4 is 5.32 Å². The zero-order valence-electron chi connectivity index (χ0n) is 15.0. The Kier molecular flexibility index (Phi) is 5.74. The molecule has 4 nitrogen and oxygen atoms in total. The van der Waals surface area contributed by atoms with Crippen LogP contribution in [-0.4, -0.2) is 16.1 Å². The number of benzene rings is 2. The molecular weight excluding hydrogens is 362 g/mol. The summed E-state index contributed by atoms with van der Waals surface area (Å²) in [6, 6.07) is 19.7. The third-order valence-electron chi connectivity index (χ3n) is 3.63. The number of nitrogens with one attached hydrogen (secondary N) is 1. The Hall–Kier alpha value is -2.18. The number of rotatable bonds is 5. The lowest BCUT2D eigenvalue weighted by Gasteiger charge is -2.16. The third-order valence-corrected chi connectivity index (χ3v) is 6.17. The van der Waals surface area contributed by atoms with Crippen molar-refractivity contribution in [1.29, 1.82) is 0 Å². The molecule has 2 aromatic carbocycles. The minimum absolute atomic E-state index is 0.0851. The summed E-state index contributed by atoms with van der Waals surface area (Å²) in [6.45, 7) is 6.24. The fourth-order valence-corrected chi connectivity index (χ4v) is 4.13. The molecular formula is C20H21N3OS2. The van der Waals surface area contributed by atoms with Gasteiger partial charge in [0, 0.05) is 10.3 Å². The molecule has 3 rings (SSSR count). The van der Waals surface area contributed by atoms with E-state index in [1.54, 1.807) is 0 Å². The Morgan fingerprint density at radius 3 is 2.19 bits per heavy atom. The highest BCUT2D eigenvalue weighted by Gasteiger charge is 2.25. The molecule has 0 fully saturated rings. The Morgan fingerprint density at radius 2 is 1.62 bits per heavy atom. The van der Waals surface area contributed by atoms with Crippen LogP contribution in [0.25, 0.3) is 0 Å². The van der Waals surface area contributed by atoms with Gasteiger partial charge in [-0.05, 0) is 17.7 Å². The number of anilines is 1. The first-order valence-electron chi connectivity index (χ1n) is 8.35. The van der Waals surface area contributed by atoms with Crippen molar-refractivity contribution < 1.29 is 4.79 Å². The summed E-state index contributed by atoms with van der Waals surface area (Å²) in [6.07, 6.45) is 0. The standard InChI is InChI=1S/C20H21N3OS2/c1-20(2,3)18-22-23-19(26-18)21-17(24)16(14-10-6-4-7-11-14)25-15-12-8-5-9-13-15/h4-13,16H,1-3H3,(H,21,23,24)/t16-/m0/s1. The number of carbonyl (C=O) groups is 1. The lowest BCUT2D eigenvalue weighted by atomic mass is 9.98. The van der Waals surface area contributed by atoms with Crippen LogP contribution in [0.3, 0.4) is 0 Å². The Bertz CT molecular complexity index is 858. The maximum absolute atomic E-state index is 13.0. The van der Waals surface area contributed by atoms with Crippen molar-refractivity contribution in [2.75, 3.05) is 5.32 Å². The van der Waals surface area contributed by atoms with E-state index >= 15 is 0 Å². The van der Waals surface area contributed by atoms with Gasteiger partial charge in [-0.1, -0.05) is 80.6 Å². The SMILES string of the molecule is CC(C)(C)c1nnc(NC(=O)[C@@H](Sc2ccccc2)c2ccccc2)s1. The summed E-state index contributed by atoms with van der Waals surface area (Å²) in [4.78, 5) is 14.0. The van der Waals surface area contributed by atoms with Crippen LogP contribution in [0.2, 0.25) is 0 Å². The van der Waals surface area contributed by atoms with Gasteiger partial charge in [0.1, 0.15) is 10.3 Å². The smallest absolute Gasteiger partial charge is 0.244 e. The van der Waals surface area contributed by atoms with E-state index in [4.69, 9.17) is 0 Å². The summed E-state index contributed by atoms with van der Waals surface area (Å²) in [7, 11) is 0. The molecule has 1 N–H and O–H groups in total. The van der Waals surface area contributed by atoms with Crippen molar-refractivity contribution in [2.45, 2.75) is 36.3 Å². The van der Waals surface area contributed by atoms with E-state index in [1.807, 2.05) is 60.7 Å². The average molecular weight is 384 g/mol. The molecule has 0 aliphatic heterocycles. The zero-order valence-corrected chi connectivity index (χ0v) is 16.6. The van der Waals surface area contributed by atoms with Crippen LogP contribution in [0, 0.1) is 0 Å². The minimum Gasteiger partial charge on any atom is -0.299 e. The van der Waals surface area contributed by atoms with Crippen molar-refractivity contribution in [3.63, 3.8) is 0 Å². The van der Waals surface area contributed by atoms with Crippen molar-refractivity contribution >= 4 is 34.1 Å². The highest BCUT2D eigenvalue weighted by molar-refractivity contribution is 8.00. The Morgan fingerprint density at radius 1 is 1.00 bits per heavy atom. The van der Waals surface area contributed by atoms with Crippen LogP contribution in [0.15, 0.2) is 65.6 Å². The van der Waals surface area contributed by atoms with Gasteiger partial charge in [0.05, 0.1) is 0 Å². The summed E-state index contributed by atoms with van der Waals surface area (Å²) < 4.78 is 0. The molecule has 0 radical (unpaired) electrons. The van der Waals surface area contributed by atoms with Crippen molar-refractivity contribution in [2.24, 2.45) is 0 Å². The molecule has 0 unspecified atom stereocenters. The first kappa shape index (κ1) is 18.6. The predicted molar refractivity (Wildman–Crippen MR) is 109 cm³/mol. The molecule has 134 valence electrons. The van der Waals surface area contributed by atoms with Crippen LogP contribution in [-0.2, 0) is 10.2 Å². The number of hydrogen-bond acceptors (Lipinski definition) is 5. The highest BCUT2D eigenvalue weighted by atomic mass is 32.2. The molecule has 0 aliphatic rings. The Labute approximate surface area is 162 Å². The van der Waals surface area contributed by atoms with Gasteiger partial charge in [0.25, 0.3) is 0 Å². The molecule has 0 bridgehead atoms. The maximum Gasteiger partial charge on any atom is 0.244 e. The molecule has 0 aliphatic carbocycles. The van der Waals surface area contributed by atoms with Gasteiger partial charge in [-0.3, -0.25) is 10.1 Å². The molecule has 1 amide bonds. The number of carbonyl (C=O) groups excluding carboxylic acids is 1. The van der Waals surface area contributed by atoms with Gasteiger partial charge in [-0.2, -0.15) is 0 Å². The quantitative estimate of drug-likeness (QED) is 0.607. The molecule has 6 heteroatoms. The van der Waals surface area contributed by atoms with Gasteiger partial charge >= 0.3 is 0 Å². The van der Waals surface area contributed by atoms with Crippen LogP contribution in [0.4, 0.5) is 5.13 Å². The largest absolute Gasteiger partial charge is 0.299 e. The van der Waals surface area contributed by atoms with Gasteiger partial charge in [-0.15, -0.1) is 22.0 Å². The lowest BCUT2D eigenvalue weighted by Crippen LogP contribution is -2.19. The molecule has 3 aromatic rings. The first-order chi connectivity index (χ1) is 12.4. The number of aromatic nitrogens is 2. The van der Waals surface area contributed by atoms with E-state index < -0.39 is 0 Å². The summed E-state index contributed by atoms with van der Waals surface area (Å²) >= 11 is 2.95. The monoisotopic (exact) mass is 383 g/mol. The number of hydrogen-bond donors (Lipinski definition) is 1. The molecule has 1 heterocycles.